The molecule has 0 radical (unpaired) electrons. The van der Waals surface area contributed by atoms with E-state index in [1.165, 1.54) is 20.0 Å². The lowest BCUT2D eigenvalue weighted by atomic mass is 9.98. The molecule has 1 fully saturated rings. The largest absolute Gasteiger partial charge is 0.465 e. The van der Waals surface area contributed by atoms with Gasteiger partial charge in [0.1, 0.15) is 5.82 Å². The van der Waals surface area contributed by atoms with Crippen molar-refractivity contribution in [1.29, 1.82) is 0 Å². The van der Waals surface area contributed by atoms with E-state index < -0.39 is 0 Å². The van der Waals surface area contributed by atoms with Gasteiger partial charge in [0.25, 0.3) is 0 Å². The number of piperidine rings is 1. The number of carbonyl (C=O) groups is 1. The molecule has 0 unspecified atom stereocenters. The standard InChI is InChI=1S/C14H21N3O2/c1-17(10-11-3-6-15-7-4-11)13-9-12(5-8-16-13)14(18)19-2/h5,8-9,11,15H,3-4,6-7,10H2,1-2H3. The Morgan fingerprint density at radius 2 is 2.26 bits per heavy atom. The van der Waals surface area contributed by atoms with Crippen molar-refractivity contribution in [3.63, 3.8) is 0 Å². The summed E-state index contributed by atoms with van der Waals surface area (Å²) in [5, 5.41) is 3.36. The van der Waals surface area contributed by atoms with Crippen LogP contribution in [0.5, 0.6) is 0 Å². The van der Waals surface area contributed by atoms with Crippen LogP contribution in [0.25, 0.3) is 0 Å². The molecule has 104 valence electrons. The molecule has 0 spiro atoms. The van der Waals surface area contributed by atoms with E-state index in [-0.39, 0.29) is 5.97 Å². The second-order valence-electron chi connectivity index (χ2n) is 4.97. The molecule has 1 saturated heterocycles. The highest BCUT2D eigenvalue weighted by atomic mass is 16.5. The van der Waals surface area contributed by atoms with Gasteiger partial charge in [0.05, 0.1) is 12.7 Å². The lowest BCUT2D eigenvalue weighted by molar-refractivity contribution is 0.0600. The van der Waals surface area contributed by atoms with Crippen molar-refractivity contribution in [3.8, 4) is 0 Å². The number of pyridine rings is 1. The van der Waals surface area contributed by atoms with E-state index in [0.717, 1.165) is 25.5 Å². The predicted molar refractivity (Wildman–Crippen MR) is 74.4 cm³/mol. The van der Waals surface area contributed by atoms with E-state index in [0.29, 0.717) is 11.5 Å². The Labute approximate surface area is 114 Å². The van der Waals surface area contributed by atoms with Crippen LogP contribution in [0.2, 0.25) is 0 Å². The molecule has 1 aliphatic rings. The molecule has 1 N–H and O–H groups in total. The van der Waals surface area contributed by atoms with Gasteiger partial charge in [0, 0.05) is 19.8 Å². The van der Waals surface area contributed by atoms with Crippen LogP contribution in [0.15, 0.2) is 18.3 Å². The molecule has 0 aliphatic carbocycles. The second-order valence-corrected chi connectivity index (χ2v) is 4.97. The van der Waals surface area contributed by atoms with Gasteiger partial charge in [-0.15, -0.1) is 0 Å². The molecule has 5 nitrogen and oxygen atoms in total. The van der Waals surface area contributed by atoms with Crippen LogP contribution in [0.4, 0.5) is 5.82 Å². The molecule has 2 heterocycles. The van der Waals surface area contributed by atoms with Crippen LogP contribution < -0.4 is 10.2 Å². The fraction of sp³-hybridized carbons (Fsp3) is 0.571. The highest BCUT2D eigenvalue weighted by molar-refractivity contribution is 5.90. The number of methoxy groups -OCH3 is 1. The van der Waals surface area contributed by atoms with Gasteiger partial charge < -0.3 is 15.0 Å². The van der Waals surface area contributed by atoms with Crippen molar-refractivity contribution in [2.45, 2.75) is 12.8 Å². The Kier molecular flexibility index (Phi) is 4.74. The van der Waals surface area contributed by atoms with Crippen molar-refractivity contribution in [1.82, 2.24) is 10.3 Å². The van der Waals surface area contributed by atoms with E-state index >= 15 is 0 Å². The van der Waals surface area contributed by atoms with Gasteiger partial charge in [0.2, 0.25) is 0 Å². The fourth-order valence-electron chi connectivity index (χ4n) is 2.42. The lowest BCUT2D eigenvalue weighted by Crippen LogP contribution is -2.34. The highest BCUT2D eigenvalue weighted by Crippen LogP contribution is 2.17. The maximum Gasteiger partial charge on any atom is 0.338 e. The molecule has 2 rings (SSSR count). The third-order valence-electron chi connectivity index (χ3n) is 3.55. The molecule has 0 amide bonds. The molecule has 19 heavy (non-hydrogen) atoms. The number of esters is 1. The average Bonchev–Trinajstić information content (AvgIpc) is 2.47. The second kappa shape index (κ2) is 6.52. The third kappa shape index (κ3) is 3.67. The third-order valence-corrected chi connectivity index (χ3v) is 3.55. The summed E-state index contributed by atoms with van der Waals surface area (Å²) in [7, 11) is 3.41. The van der Waals surface area contributed by atoms with Gasteiger partial charge >= 0.3 is 5.97 Å². The highest BCUT2D eigenvalue weighted by Gasteiger charge is 2.16. The fourth-order valence-corrected chi connectivity index (χ4v) is 2.42. The van der Waals surface area contributed by atoms with E-state index in [1.54, 1.807) is 18.3 Å². The zero-order chi connectivity index (χ0) is 13.7. The Hall–Kier alpha value is -1.62. The summed E-state index contributed by atoms with van der Waals surface area (Å²) in [6, 6.07) is 3.46. The number of carbonyl (C=O) groups excluding carboxylic acids is 1. The predicted octanol–water partition coefficient (Wildman–Crippen LogP) is 1.30. The normalized spacial score (nSPS) is 16.1. The average molecular weight is 263 g/mol. The van der Waals surface area contributed by atoms with E-state index in [2.05, 4.69) is 15.2 Å². The Balaban J connectivity index is 2.01. The number of nitrogens with one attached hydrogen (secondary N) is 1. The Morgan fingerprint density at radius 3 is 2.95 bits per heavy atom. The quantitative estimate of drug-likeness (QED) is 0.830. The SMILES string of the molecule is COC(=O)c1ccnc(N(C)CC2CCNCC2)c1. The molecular weight excluding hydrogens is 242 g/mol. The van der Waals surface area contributed by atoms with Crippen molar-refractivity contribution >= 4 is 11.8 Å². The van der Waals surface area contributed by atoms with E-state index in [4.69, 9.17) is 4.74 Å². The van der Waals surface area contributed by atoms with Gasteiger partial charge in [-0.3, -0.25) is 0 Å². The number of anilines is 1. The number of aromatic nitrogens is 1. The summed E-state index contributed by atoms with van der Waals surface area (Å²) < 4.78 is 4.73. The minimum atomic E-state index is -0.320. The maximum atomic E-state index is 11.5. The lowest BCUT2D eigenvalue weighted by Gasteiger charge is -2.28. The molecule has 1 aromatic heterocycles. The van der Waals surface area contributed by atoms with E-state index in [9.17, 15) is 4.79 Å². The molecule has 0 bridgehead atoms. The van der Waals surface area contributed by atoms with Crippen molar-refractivity contribution in [2.24, 2.45) is 5.92 Å². The zero-order valence-electron chi connectivity index (χ0n) is 11.6. The first kappa shape index (κ1) is 13.8. The number of hydrogen-bond acceptors (Lipinski definition) is 5. The minimum absolute atomic E-state index is 0.320. The molecule has 5 heteroatoms. The van der Waals surface area contributed by atoms with Gasteiger partial charge in [0.15, 0.2) is 0 Å². The van der Waals surface area contributed by atoms with Crippen LogP contribution in [-0.4, -0.2) is 44.7 Å². The first-order valence-corrected chi connectivity index (χ1v) is 6.67. The summed E-state index contributed by atoms with van der Waals surface area (Å²) in [4.78, 5) is 17.9. The van der Waals surface area contributed by atoms with Gasteiger partial charge in [-0.1, -0.05) is 0 Å². The van der Waals surface area contributed by atoms with Crippen LogP contribution in [-0.2, 0) is 4.74 Å². The summed E-state index contributed by atoms with van der Waals surface area (Å²) in [6.07, 6.45) is 4.04. The van der Waals surface area contributed by atoms with Gasteiger partial charge in [-0.05, 0) is 44.0 Å². The molecule has 1 aromatic rings. The monoisotopic (exact) mass is 263 g/mol. The minimum Gasteiger partial charge on any atom is -0.465 e. The topological polar surface area (TPSA) is 54.5 Å². The van der Waals surface area contributed by atoms with Crippen LogP contribution in [0, 0.1) is 5.92 Å². The van der Waals surface area contributed by atoms with Crippen molar-refractivity contribution in [3.05, 3.63) is 23.9 Å². The summed E-state index contributed by atoms with van der Waals surface area (Å²) in [5.74, 6) is 1.19. The van der Waals surface area contributed by atoms with Gasteiger partial charge in [-0.25, -0.2) is 9.78 Å². The molecular formula is C14H21N3O2. The summed E-state index contributed by atoms with van der Waals surface area (Å²) in [6.45, 7) is 3.15. The molecule has 0 saturated carbocycles. The summed E-state index contributed by atoms with van der Waals surface area (Å²) >= 11 is 0. The molecule has 1 aliphatic heterocycles. The van der Waals surface area contributed by atoms with Crippen LogP contribution >= 0.6 is 0 Å². The summed E-state index contributed by atoms with van der Waals surface area (Å²) in [5.41, 5.74) is 0.546. The van der Waals surface area contributed by atoms with Crippen molar-refractivity contribution in [2.75, 3.05) is 38.7 Å². The molecule has 0 atom stereocenters. The van der Waals surface area contributed by atoms with Gasteiger partial charge in [-0.2, -0.15) is 0 Å². The number of nitrogens with zero attached hydrogens (tertiary/aromatic N) is 2. The van der Waals surface area contributed by atoms with Crippen LogP contribution in [0.1, 0.15) is 23.2 Å². The zero-order valence-corrected chi connectivity index (χ0v) is 11.6. The van der Waals surface area contributed by atoms with Crippen molar-refractivity contribution < 1.29 is 9.53 Å². The number of ether oxygens (including phenoxy) is 1. The van der Waals surface area contributed by atoms with E-state index in [1.807, 2.05) is 7.05 Å². The number of hydrogen-bond donors (Lipinski definition) is 1. The Bertz CT molecular complexity index is 430. The maximum absolute atomic E-state index is 11.5. The smallest absolute Gasteiger partial charge is 0.338 e. The number of rotatable bonds is 4. The Morgan fingerprint density at radius 1 is 1.53 bits per heavy atom. The first-order chi connectivity index (χ1) is 9.20. The van der Waals surface area contributed by atoms with Crippen LogP contribution in [0.3, 0.4) is 0 Å². The molecule has 0 aromatic carbocycles. The first-order valence-electron chi connectivity index (χ1n) is 6.67.